The third-order valence-electron chi connectivity index (χ3n) is 6.54. The minimum absolute atomic E-state index is 0.0282. The fourth-order valence-corrected chi connectivity index (χ4v) is 4.30. The number of hydrogen-bond donors (Lipinski definition) is 1. The number of allylic oxidation sites excluding steroid dienone is 4. The molecule has 3 unspecified atom stereocenters. The maximum Gasteiger partial charge on any atom is 0.127 e. The average Bonchev–Trinajstić information content (AvgIpc) is 2.89. The van der Waals surface area contributed by atoms with Crippen LogP contribution >= 0.6 is 0 Å². The van der Waals surface area contributed by atoms with Gasteiger partial charge in [0.15, 0.2) is 0 Å². The van der Waals surface area contributed by atoms with E-state index in [2.05, 4.69) is 94.6 Å². The third-order valence-corrected chi connectivity index (χ3v) is 6.54. The molecule has 0 aromatic heterocycles. The van der Waals surface area contributed by atoms with E-state index in [-0.39, 0.29) is 31.0 Å². The highest BCUT2D eigenvalue weighted by molar-refractivity contribution is 5.54. The molecule has 0 aliphatic heterocycles. The molecule has 3 rings (SSSR count). The van der Waals surface area contributed by atoms with Crippen molar-refractivity contribution in [3.05, 3.63) is 138 Å². The van der Waals surface area contributed by atoms with Crippen molar-refractivity contribution < 1.29 is 9.84 Å². The Bertz CT molecular complexity index is 1050. The van der Waals surface area contributed by atoms with Crippen molar-refractivity contribution in [3.8, 4) is 5.75 Å². The Kier molecular flexibility index (Phi) is 9.07. The van der Waals surface area contributed by atoms with E-state index in [0.717, 1.165) is 22.4 Å². The van der Waals surface area contributed by atoms with Gasteiger partial charge < -0.3 is 9.84 Å². The summed E-state index contributed by atoms with van der Waals surface area (Å²) in [5.41, 5.74) is 6.94. The summed E-state index contributed by atoms with van der Waals surface area (Å²) in [5.74, 6) is 1.25. The molecule has 3 atom stereocenters. The topological polar surface area (TPSA) is 29.5 Å². The molecule has 34 heavy (non-hydrogen) atoms. The van der Waals surface area contributed by atoms with Gasteiger partial charge in [-0.3, -0.25) is 0 Å². The van der Waals surface area contributed by atoms with Gasteiger partial charge in [-0.15, -0.1) is 0 Å². The Labute approximate surface area is 204 Å². The van der Waals surface area contributed by atoms with Crippen molar-refractivity contribution in [2.45, 2.75) is 38.5 Å². The summed E-state index contributed by atoms with van der Waals surface area (Å²) in [6.07, 6.45) is 5.72. The maximum atomic E-state index is 9.57. The van der Waals surface area contributed by atoms with Gasteiger partial charge in [0, 0.05) is 28.9 Å². The number of aliphatic hydroxyl groups is 1. The molecule has 2 nitrogen and oxygen atoms in total. The molecule has 0 bridgehead atoms. The van der Waals surface area contributed by atoms with Gasteiger partial charge >= 0.3 is 0 Å². The minimum atomic E-state index is -0.0282. The number of aliphatic hydroxyl groups excluding tert-OH is 1. The molecule has 0 aliphatic carbocycles. The fourth-order valence-electron chi connectivity index (χ4n) is 4.30. The molecule has 0 fully saturated rings. The van der Waals surface area contributed by atoms with Gasteiger partial charge in [0.25, 0.3) is 0 Å². The monoisotopic (exact) mass is 452 g/mol. The second-order valence-corrected chi connectivity index (χ2v) is 8.76. The molecule has 0 spiro atoms. The van der Waals surface area contributed by atoms with Crippen LogP contribution < -0.4 is 4.74 Å². The number of ether oxygens (including phenoxy) is 1. The summed E-state index contributed by atoms with van der Waals surface area (Å²) in [7, 11) is 0. The molecule has 3 aromatic rings. The van der Waals surface area contributed by atoms with Crippen molar-refractivity contribution in [1.29, 1.82) is 0 Å². The Morgan fingerprint density at radius 2 is 1.35 bits per heavy atom. The molecular formula is C32H36O2. The zero-order chi connectivity index (χ0) is 24.5. The molecule has 0 heterocycles. The van der Waals surface area contributed by atoms with Crippen molar-refractivity contribution in [1.82, 2.24) is 0 Å². The molecule has 0 aliphatic rings. The molecule has 2 heteroatoms. The van der Waals surface area contributed by atoms with Gasteiger partial charge in [-0.2, -0.15) is 0 Å². The zero-order valence-corrected chi connectivity index (χ0v) is 20.6. The number of benzene rings is 3. The lowest BCUT2D eigenvalue weighted by Gasteiger charge is -2.26. The van der Waals surface area contributed by atoms with E-state index in [1.54, 1.807) is 6.08 Å². The summed E-state index contributed by atoms with van der Waals surface area (Å²) >= 11 is 0. The highest BCUT2D eigenvalue weighted by Crippen LogP contribution is 2.42. The summed E-state index contributed by atoms with van der Waals surface area (Å²) < 4.78 is 6.26. The minimum Gasteiger partial charge on any atom is -0.491 e. The maximum absolute atomic E-state index is 9.57. The second-order valence-electron chi connectivity index (χ2n) is 8.76. The summed E-state index contributed by atoms with van der Waals surface area (Å²) in [5, 5.41) is 9.57. The first-order valence-corrected chi connectivity index (χ1v) is 12.0. The lowest BCUT2D eigenvalue weighted by Crippen LogP contribution is -2.12. The SMILES string of the molecule is C=C/C=C\C(=C)C(C)c1cc(C(C)c2ccccc2)c(OCCO)c(C(C)c2ccccc2)c1. The predicted octanol–water partition coefficient (Wildman–Crippen LogP) is 7.76. The quantitative estimate of drug-likeness (QED) is 0.301. The number of rotatable bonds is 11. The van der Waals surface area contributed by atoms with Crippen LogP contribution in [0.15, 0.2) is 110 Å². The predicted molar refractivity (Wildman–Crippen MR) is 144 cm³/mol. The van der Waals surface area contributed by atoms with E-state index in [0.29, 0.717) is 0 Å². The van der Waals surface area contributed by atoms with Crippen LogP contribution in [0, 0.1) is 0 Å². The van der Waals surface area contributed by atoms with Gasteiger partial charge in [-0.25, -0.2) is 0 Å². The summed E-state index contributed by atoms with van der Waals surface area (Å²) in [4.78, 5) is 0. The molecule has 176 valence electrons. The smallest absolute Gasteiger partial charge is 0.127 e. The summed E-state index contributed by atoms with van der Waals surface area (Å²) in [6.45, 7) is 14.9. The second kappa shape index (κ2) is 12.2. The van der Waals surface area contributed by atoms with E-state index in [1.807, 2.05) is 24.3 Å². The van der Waals surface area contributed by atoms with Crippen LogP contribution in [0.2, 0.25) is 0 Å². The molecule has 0 amide bonds. The Morgan fingerprint density at radius 3 is 1.79 bits per heavy atom. The van der Waals surface area contributed by atoms with Crippen molar-refractivity contribution in [2.75, 3.05) is 13.2 Å². The average molecular weight is 453 g/mol. The summed E-state index contributed by atoms with van der Waals surface area (Å²) in [6, 6.07) is 25.5. The Morgan fingerprint density at radius 1 is 0.853 bits per heavy atom. The largest absolute Gasteiger partial charge is 0.491 e. The van der Waals surface area contributed by atoms with Crippen LogP contribution in [0.3, 0.4) is 0 Å². The van der Waals surface area contributed by atoms with Gasteiger partial charge in [0.05, 0.1) is 6.61 Å². The number of hydrogen-bond acceptors (Lipinski definition) is 2. The first-order valence-electron chi connectivity index (χ1n) is 12.0. The lowest BCUT2D eigenvalue weighted by molar-refractivity contribution is 0.198. The normalized spacial score (nSPS) is 13.9. The van der Waals surface area contributed by atoms with Crippen LogP contribution in [0.4, 0.5) is 0 Å². The van der Waals surface area contributed by atoms with Crippen LogP contribution in [0.1, 0.15) is 66.3 Å². The van der Waals surface area contributed by atoms with Crippen molar-refractivity contribution in [2.24, 2.45) is 0 Å². The van der Waals surface area contributed by atoms with Crippen molar-refractivity contribution >= 4 is 0 Å². The molecule has 0 saturated carbocycles. The van der Waals surface area contributed by atoms with Crippen LogP contribution in [0.5, 0.6) is 5.75 Å². The third kappa shape index (κ3) is 5.95. The van der Waals surface area contributed by atoms with Gasteiger partial charge in [-0.05, 0) is 22.3 Å². The Hall–Kier alpha value is -3.36. The highest BCUT2D eigenvalue weighted by Gasteiger charge is 2.24. The van der Waals surface area contributed by atoms with Gasteiger partial charge in [0.2, 0.25) is 0 Å². The van der Waals surface area contributed by atoms with E-state index in [1.165, 1.54) is 16.7 Å². The van der Waals surface area contributed by atoms with Crippen LogP contribution in [0.25, 0.3) is 0 Å². The molecule has 1 N–H and O–H groups in total. The highest BCUT2D eigenvalue weighted by atomic mass is 16.5. The van der Waals surface area contributed by atoms with Gasteiger partial charge in [-0.1, -0.05) is 125 Å². The first kappa shape index (κ1) is 25.3. The molecular weight excluding hydrogens is 416 g/mol. The fraction of sp³-hybridized carbons (Fsp3) is 0.250. The lowest BCUT2D eigenvalue weighted by atomic mass is 9.81. The van der Waals surface area contributed by atoms with E-state index >= 15 is 0 Å². The Balaban J connectivity index is 2.22. The van der Waals surface area contributed by atoms with E-state index < -0.39 is 0 Å². The van der Waals surface area contributed by atoms with E-state index in [4.69, 9.17) is 4.74 Å². The van der Waals surface area contributed by atoms with Gasteiger partial charge in [0.1, 0.15) is 12.4 Å². The first-order chi connectivity index (χ1) is 16.5. The molecule has 0 radical (unpaired) electrons. The van der Waals surface area contributed by atoms with Crippen LogP contribution in [-0.2, 0) is 0 Å². The van der Waals surface area contributed by atoms with E-state index in [9.17, 15) is 5.11 Å². The standard InChI is InChI=1S/C32H36O2/c1-6-7-14-23(2)24(3)29-21-30(25(4)27-15-10-8-11-16-27)32(34-20-19-33)31(22-29)26(5)28-17-12-9-13-18-28/h6-18,21-22,24-26,33H,1-2,19-20H2,3-5H3/b14-7-. The van der Waals surface area contributed by atoms with Crippen molar-refractivity contribution in [3.63, 3.8) is 0 Å². The zero-order valence-electron chi connectivity index (χ0n) is 20.6. The molecule has 3 aromatic carbocycles. The molecule has 0 saturated heterocycles. The van der Waals surface area contributed by atoms with Crippen LogP contribution in [-0.4, -0.2) is 18.3 Å².